The van der Waals surface area contributed by atoms with E-state index < -0.39 is 5.91 Å². The fourth-order valence-corrected chi connectivity index (χ4v) is 7.09. The van der Waals surface area contributed by atoms with Crippen molar-refractivity contribution in [2.45, 2.75) is 40.0 Å². The van der Waals surface area contributed by atoms with Gasteiger partial charge in [0.25, 0.3) is 11.8 Å². The van der Waals surface area contributed by atoms with Gasteiger partial charge in [0.05, 0.1) is 11.4 Å². The zero-order valence-corrected chi connectivity index (χ0v) is 33.6. The number of ketones is 2. The lowest BCUT2D eigenvalue weighted by Gasteiger charge is -2.31. The van der Waals surface area contributed by atoms with E-state index in [-0.39, 0.29) is 30.7 Å². The molecule has 1 heterocycles. The first-order valence-electron chi connectivity index (χ1n) is 18.9. The van der Waals surface area contributed by atoms with E-state index in [0.29, 0.717) is 58.2 Å². The van der Waals surface area contributed by atoms with Gasteiger partial charge in [-0.3, -0.25) is 19.2 Å². The summed E-state index contributed by atoms with van der Waals surface area (Å²) in [5, 5.41) is 2.94. The van der Waals surface area contributed by atoms with Crippen LogP contribution in [0.5, 0.6) is 11.5 Å². The van der Waals surface area contributed by atoms with Gasteiger partial charge in [-0.15, -0.1) is 0 Å². The molecule has 0 bridgehead atoms. The molecule has 1 N–H and O–H groups in total. The molecule has 1 aliphatic rings. The molecule has 1 aliphatic heterocycles. The monoisotopic (exact) mass is 815 g/mol. The summed E-state index contributed by atoms with van der Waals surface area (Å²) in [6.45, 7) is 8.10. The number of piperidine rings is 1. The number of anilines is 2. The van der Waals surface area contributed by atoms with Crippen LogP contribution in [0.15, 0.2) is 114 Å². The van der Waals surface area contributed by atoms with Crippen LogP contribution < -0.4 is 19.7 Å². The van der Waals surface area contributed by atoms with Gasteiger partial charge in [-0.05, 0) is 136 Å². The molecule has 5 aromatic carbocycles. The molecule has 0 spiro atoms. The van der Waals surface area contributed by atoms with E-state index in [1.54, 1.807) is 65.6 Å². The maximum atomic E-state index is 14.0. The number of amides is 2. The van der Waals surface area contributed by atoms with Gasteiger partial charge in [-0.1, -0.05) is 58.7 Å². The average molecular weight is 817 g/mol. The summed E-state index contributed by atoms with van der Waals surface area (Å²) in [5.74, 6) is 0.147. The van der Waals surface area contributed by atoms with Crippen LogP contribution in [-0.2, 0) is 9.59 Å². The first-order chi connectivity index (χ1) is 27.1. The van der Waals surface area contributed by atoms with Gasteiger partial charge < -0.3 is 24.6 Å². The first kappa shape index (κ1) is 40.1. The lowest BCUT2D eigenvalue weighted by molar-refractivity contribution is -0.121. The molecule has 0 atom stereocenters. The lowest BCUT2D eigenvalue weighted by Crippen LogP contribution is -2.42. The Morgan fingerprint density at radius 2 is 1.25 bits per heavy atom. The SMILES string of the molecule is Cc1cc(C(=O)c2ccc(Br)cc2)ccc1OCC(=O)Nc1ccccc1N(CCN1CCCCC1)C(=O)COc1ccc(C(=O)c2ccccc2C)cc1C. The van der Waals surface area contributed by atoms with Crippen LogP contribution >= 0.6 is 15.9 Å². The Kier molecular flexibility index (Phi) is 13.5. The van der Waals surface area contributed by atoms with Crippen LogP contribution in [0.2, 0.25) is 0 Å². The van der Waals surface area contributed by atoms with Crippen molar-refractivity contribution in [3.8, 4) is 11.5 Å². The number of hydrogen-bond donors (Lipinski definition) is 1. The fraction of sp³-hybridized carbons (Fsp3) is 0.261. The molecule has 0 saturated carbocycles. The molecular formula is C46H46BrN3O6. The van der Waals surface area contributed by atoms with Crippen molar-refractivity contribution >= 4 is 50.7 Å². The Balaban J connectivity index is 1.13. The predicted molar refractivity (Wildman–Crippen MR) is 223 cm³/mol. The highest BCUT2D eigenvalue weighted by Gasteiger charge is 2.23. The summed E-state index contributed by atoms with van der Waals surface area (Å²) in [6, 6.07) is 32.3. The molecule has 0 unspecified atom stereocenters. The number of hydrogen-bond acceptors (Lipinski definition) is 7. The van der Waals surface area contributed by atoms with E-state index >= 15 is 0 Å². The number of rotatable bonds is 15. The van der Waals surface area contributed by atoms with E-state index in [0.717, 1.165) is 47.1 Å². The van der Waals surface area contributed by atoms with Crippen molar-refractivity contribution in [1.82, 2.24) is 4.90 Å². The first-order valence-corrected chi connectivity index (χ1v) is 19.7. The second-order valence-electron chi connectivity index (χ2n) is 14.0. The van der Waals surface area contributed by atoms with Gasteiger partial charge in [0.15, 0.2) is 24.8 Å². The molecule has 1 fully saturated rings. The highest BCUT2D eigenvalue weighted by Crippen LogP contribution is 2.28. The minimum atomic E-state index is -0.400. The number of para-hydroxylation sites is 2. The summed E-state index contributed by atoms with van der Waals surface area (Å²) < 4.78 is 12.9. The van der Waals surface area contributed by atoms with Gasteiger partial charge in [0.2, 0.25) is 0 Å². The lowest BCUT2D eigenvalue weighted by atomic mass is 9.98. The van der Waals surface area contributed by atoms with E-state index in [9.17, 15) is 19.2 Å². The standard InChI is InChI=1S/C46H46BrN3O6/c1-31-11-5-6-12-38(31)46(54)36-18-22-42(33(3)28-36)56-30-44(52)50(26-25-49-23-9-4-10-24-49)40-14-8-7-13-39(40)48-43(51)29-55-41-21-17-35(27-32(41)2)45(53)34-15-19-37(47)20-16-34/h5-8,11-22,27-28H,4,9-10,23-26,29-30H2,1-3H3,(H,48,51). The zero-order chi connectivity index (χ0) is 39.6. The Morgan fingerprint density at radius 1 is 0.661 bits per heavy atom. The van der Waals surface area contributed by atoms with Gasteiger partial charge in [0, 0.05) is 39.8 Å². The van der Waals surface area contributed by atoms with E-state index in [1.165, 1.54) is 6.42 Å². The summed E-state index contributed by atoms with van der Waals surface area (Å²) in [7, 11) is 0. The predicted octanol–water partition coefficient (Wildman–Crippen LogP) is 8.75. The Labute approximate surface area is 336 Å². The van der Waals surface area contributed by atoms with Crippen LogP contribution in [0.1, 0.15) is 67.8 Å². The molecule has 1 saturated heterocycles. The number of benzene rings is 5. The molecule has 56 heavy (non-hydrogen) atoms. The summed E-state index contributed by atoms with van der Waals surface area (Å²) in [6.07, 6.45) is 3.44. The number of nitrogens with one attached hydrogen (secondary N) is 1. The fourth-order valence-electron chi connectivity index (χ4n) is 6.82. The van der Waals surface area contributed by atoms with Crippen molar-refractivity contribution in [2.75, 3.05) is 49.6 Å². The minimum absolute atomic E-state index is 0.0705. The Hall–Kier alpha value is -5.58. The van der Waals surface area contributed by atoms with Gasteiger partial charge in [-0.2, -0.15) is 0 Å². The quantitative estimate of drug-likeness (QED) is 0.105. The summed E-state index contributed by atoms with van der Waals surface area (Å²) in [5.41, 5.74) is 5.68. The van der Waals surface area contributed by atoms with Crippen molar-refractivity contribution < 1.29 is 28.7 Å². The third-order valence-electron chi connectivity index (χ3n) is 9.94. The normalized spacial score (nSPS) is 12.8. The molecule has 0 aromatic heterocycles. The minimum Gasteiger partial charge on any atom is -0.483 e. The Morgan fingerprint density at radius 3 is 1.91 bits per heavy atom. The van der Waals surface area contributed by atoms with Crippen molar-refractivity contribution in [1.29, 1.82) is 0 Å². The molecule has 9 nitrogen and oxygen atoms in total. The van der Waals surface area contributed by atoms with Crippen LogP contribution in [0.4, 0.5) is 11.4 Å². The third kappa shape index (κ3) is 10.2. The molecule has 5 aromatic rings. The van der Waals surface area contributed by atoms with Crippen LogP contribution in [0.3, 0.4) is 0 Å². The van der Waals surface area contributed by atoms with Crippen molar-refractivity contribution in [3.63, 3.8) is 0 Å². The topological polar surface area (TPSA) is 105 Å². The summed E-state index contributed by atoms with van der Waals surface area (Å²) >= 11 is 3.40. The van der Waals surface area contributed by atoms with Gasteiger partial charge in [0.1, 0.15) is 11.5 Å². The second kappa shape index (κ2) is 18.8. The maximum absolute atomic E-state index is 14.0. The highest BCUT2D eigenvalue weighted by molar-refractivity contribution is 9.10. The number of aryl methyl sites for hydroxylation is 3. The van der Waals surface area contributed by atoms with Gasteiger partial charge >= 0.3 is 0 Å². The molecular weight excluding hydrogens is 770 g/mol. The highest BCUT2D eigenvalue weighted by atomic mass is 79.9. The number of ether oxygens (including phenoxy) is 2. The van der Waals surface area contributed by atoms with E-state index in [1.807, 2.05) is 69.3 Å². The van der Waals surface area contributed by atoms with Crippen molar-refractivity contribution in [2.24, 2.45) is 0 Å². The smallest absolute Gasteiger partial charge is 0.265 e. The number of nitrogens with zero attached hydrogens (tertiary/aromatic N) is 2. The molecule has 0 aliphatic carbocycles. The largest absolute Gasteiger partial charge is 0.483 e. The number of carbonyl (C=O) groups excluding carboxylic acids is 4. The zero-order valence-electron chi connectivity index (χ0n) is 32.0. The van der Waals surface area contributed by atoms with E-state index in [2.05, 4.69) is 26.1 Å². The number of halogens is 1. The third-order valence-corrected chi connectivity index (χ3v) is 10.5. The molecule has 2 amide bonds. The molecule has 0 radical (unpaired) electrons. The number of carbonyl (C=O) groups is 4. The second-order valence-corrected chi connectivity index (χ2v) is 14.9. The summed E-state index contributed by atoms with van der Waals surface area (Å²) in [4.78, 5) is 57.6. The molecule has 6 rings (SSSR count). The maximum Gasteiger partial charge on any atom is 0.265 e. The van der Waals surface area contributed by atoms with Crippen molar-refractivity contribution in [3.05, 3.63) is 153 Å². The molecule has 10 heteroatoms. The van der Waals surface area contributed by atoms with Crippen LogP contribution in [0.25, 0.3) is 0 Å². The van der Waals surface area contributed by atoms with E-state index in [4.69, 9.17) is 9.47 Å². The average Bonchev–Trinajstić information content (AvgIpc) is 3.21. The van der Waals surface area contributed by atoms with Crippen LogP contribution in [0, 0.1) is 20.8 Å². The number of likely N-dealkylation sites (tertiary alicyclic amines) is 1. The molecule has 288 valence electrons. The van der Waals surface area contributed by atoms with Crippen LogP contribution in [-0.4, -0.2) is 67.7 Å². The Bertz CT molecular complexity index is 2210. The van der Waals surface area contributed by atoms with Gasteiger partial charge in [-0.25, -0.2) is 0 Å².